The van der Waals surface area contributed by atoms with Gasteiger partial charge in [0.05, 0.1) is 4.92 Å². The quantitative estimate of drug-likeness (QED) is 0.660. The van der Waals surface area contributed by atoms with Crippen LogP contribution < -0.4 is 5.73 Å². The maximum atomic E-state index is 10.8. The van der Waals surface area contributed by atoms with E-state index < -0.39 is 4.92 Å². The van der Waals surface area contributed by atoms with Crippen LogP contribution in [0.2, 0.25) is 0 Å². The van der Waals surface area contributed by atoms with E-state index in [-0.39, 0.29) is 16.5 Å². The number of anilines is 1. The number of hydrogen-bond donors (Lipinski definition) is 1. The third kappa shape index (κ3) is 2.70. The van der Waals surface area contributed by atoms with Crippen molar-refractivity contribution in [2.24, 2.45) is 0 Å². The van der Waals surface area contributed by atoms with Crippen LogP contribution in [-0.2, 0) is 0 Å². The summed E-state index contributed by atoms with van der Waals surface area (Å²) in [7, 11) is 0. The zero-order chi connectivity index (χ0) is 12.3. The minimum absolute atomic E-state index is 0.0742. The van der Waals surface area contributed by atoms with E-state index in [0.29, 0.717) is 5.03 Å². The van der Waals surface area contributed by atoms with Crippen molar-refractivity contribution in [1.82, 2.24) is 9.97 Å². The molecule has 86 valence electrons. The van der Waals surface area contributed by atoms with Crippen LogP contribution in [0, 0.1) is 10.1 Å². The van der Waals surface area contributed by atoms with Crippen LogP contribution in [0.15, 0.2) is 46.6 Å². The van der Waals surface area contributed by atoms with Gasteiger partial charge in [0.1, 0.15) is 10.8 Å². The second kappa shape index (κ2) is 4.79. The van der Waals surface area contributed by atoms with Gasteiger partial charge >= 0.3 is 5.69 Å². The summed E-state index contributed by atoms with van der Waals surface area (Å²) in [5, 5.41) is 11.7. The second-order valence-corrected chi connectivity index (χ2v) is 4.10. The van der Waals surface area contributed by atoms with Crippen molar-refractivity contribution >= 4 is 23.3 Å². The van der Waals surface area contributed by atoms with E-state index in [9.17, 15) is 10.1 Å². The van der Waals surface area contributed by atoms with Crippen molar-refractivity contribution in [3.05, 3.63) is 46.6 Å². The third-order valence-electron chi connectivity index (χ3n) is 1.90. The zero-order valence-electron chi connectivity index (χ0n) is 8.61. The lowest BCUT2D eigenvalue weighted by atomic mass is 10.4. The van der Waals surface area contributed by atoms with Gasteiger partial charge in [0.25, 0.3) is 0 Å². The molecule has 6 nitrogen and oxygen atoms in total. The molecule has 7 heteroatoms. The number of rotatable bonds is 3. The van der Waals surface area contributed by atoms with E-state index in [2.05, 4.69) is 9.97 Å². The molecule has 0 atom stereocenters. The molecule has 0 fully saturated rings. The van der Waals surface area contributed by atoms with E-state index in [0.717, 1.165) is 11.8 Å². The molecule has 0 saturated heterocycles. The third-order valence-corrected chi connectivity index (χ3v) is 2.84. The molecule has 0 aromatic carbocycles. The molecule has 0 spiro atoms. The second-order valence-electron chi connectivity index (χ2n) is 3.09. The summed E-state index contributed by atoms with van der Waals surface area (Å²) in [6.45, 7) is 0. The molecule has 0 radical (unpaired) electrons. The molecule has 0 amide bonds. The largest absolute Gasteiger partial charge is 0.384 e. The van der Waals surface area contributed by atoms with E-state index in [1.54, 1.807) is 24.4 Å². The van der Waals surface area contributed by atoms with E-state index in [4.69, 9.17) is 5.73 Å². The fourth-order valence-corrected chi connectivity index (χ4v) is 2.02. The monoisotopic (exact) mass is 248 g/mol. The molecule has 2 aromatic heterocycles. The zero-order valence-corrected chi connectivity index (χ0v) is 9.42. The number of nitrogens with two attached hydrogens (primary N) is 1. The fourth-order valence-electron chi connectivity index (χ4n) is 1.17. The van der Waals surface area contributed by atoms with Crippen LogP contribution in [0.5, 0.6) is 0 Å². The molecule has 0 aliphatic carbocycles. The molecule has 2 N–H and O–H groups in total. The van der Waals surface area contributed by atoms with Crippen molar-refractivity contribution in [1.29, 1.82) is 0 Å². The van der Waals surface area contributed by atoms with Crippen molar-refractivity contribution in [3.63, 3.8) is 0 Å². The first-order chi connectivity index (χ1) is 8.16. The van der Waals surface area contributed by atoms with Crippen LogP contribution in [0.4, 0.5) is 11.5 Å². The Hall–Kier alpha value is -2.15. The first kappa shape index (κ1) is 11.3. The lowest BCUT2D eigenvalue weighted by Gasteiger charge is -2.02. The van der Waals surface area contributed by atoms with Crippen molar-refractivity contribution in [3.8, 4) is 0 Å². The number of hydrogen-bond acceptors (Lipinski definition) is 6. The van der Waals surface area contributed by atoms with Crippen molar-refractivity contribution < 1.29 is 4.92 Å². The molecule has 0 aliphatic heterocycles. The summed E-state index contributed by atoms with van der Waals surface area (Å²) in [6, 6.07) is 8.06. The molecule has 0 bridgehead atoms. The molecule has 17 heavy (non-hydrogen) atoms. The first-order valence-corrected chi connectivity index (χ1v) is 5.48. The van der Waals surface area contributed by atoms with E-state index in [1.165, 1.54) is 12.1 Å². The van der Waals surface area contributed by atoms with Gasteiger partial charge in [0.2, 0.25) is 0 Å². The summed E-state index contributed by atoms with van der Waals surface area (Å²) in [5.41, 5.74) is 5.44. The highest BCUT2D eigenvalue weighted by Crippen LogP contribution is 2.32. The van der Waals surface area contributed by atoms with E-state index >= 15 is 0 Å². The van der Waals surface area contributed by atoms with Crippen LogP contribution in [-0.4, -0.2) is 14.9 Å². The van der Waals surface area contributed by atoms with Crippen molar-refractivity contribution in [2.45, 2.75) is 10.1 Å². The van der Waals surface area contributed by atoms with Gasteiger partial charge in [-0.05, 0) is 30.0 Å². The maximum absolute atomic E-state index is 10.8. The number of nitrogens with zero attached hydrogens (tertiary/aromatic N) is 3. The van der Waals surface area contributed by atoms with Gasteiger partial charge in [-0.3, -0.25) is 10.1 Å². The highest BCUT2D eigenvalue weighted by atomic mass is 32.2. The SMILES string of the molecule is Nc1ccc([N+](=O)[O-])c(Sc2ccccn2)n1. The average Bonchev–Trinajstić information content (AvgIpc) is 2.30. The van der Waals surface area contributed by atoms with Crippen LogP contribution in [0.3, 0.4) is 0 Å². The Morgan fingerprint density at radius 2 is 2.12 bits per heavy atom. The molecule has 0 aliphatic rings. The summed E-state index contributed by atoms with van der Waals surface area (Å²) >= 11 is 1.11. The van der Waals surface area contributed by atoms with Crippen LogP contribution >= 0.6 is 11.8 Å². The lowest BCUT2D eigenvalue weighted by molar-refractivity contribution is -0.388. The predicted molar refractivity (Wildman–Crippen MR) is 63.7 cm³/mol. The summed E-state index contributed by atoms with van der Waals surface area (Å²) < 4.78 is 0. The smallest absolute Gasteiger partial charge is 0.301 e. The topological polar surface area (TPSA) is 94.9 Å². The Labute approximate surface area is 101 Å². The van der Waals surface area contributed by atoms with Gasteiger partial charge in [0, 0.05) is 12.3 Å². The lowest BCUT2D eigenvalue weighted by Crippen LogP contribution is -1.97. The average molecular weight is 248 g/mol. The summed E-state index contributed by atoms with van der Waals surface area (Å²) in [6.07, 6.45) is 1.61. The Kier molecular flexibility index (Phi) is 3.20. The van der Waals surface area contributed by atoms with E-state index in [1.807, 2.05) is 0 Å². The molecular weight excluding hydrogens is 240 g/mol. The predicted octanol–water partition coefficient (Wildman–Crippen LogP) is 2.12. The fraction of sp³-hybridized carbons (Fsp3) is 0. The maximum Gasteiger partial charge on any atom is 0.301 e. The van der Waals surface area contributed by atoms with Gasteiger partial charge in [-0.1, -0.05) is 6.07 Å². The molecule has 0 unspecified atom stereocenters. The summed E-state index contributed by atoms with van der Waals surface area (Å²) in [5.74, 6) is 0.244. The van der Waals surface area contributed by atoms with Gasteiger partial charge in [0.15, 0.2) is 5.03 Å². The number of pyridine rings is 2. The number of nitrogen functional groups attached to an aromatic ring is 1. The minimum Gasteiger partial charge on any atom is -0.384 e. The summed E-state index contributed by atoms with van der Waals surface area (Å²) in [4.78, 5) is 18.3. The Bertz CT molecular complexity index is 547. The molecule has 2 aromatic rings. The van der Waals surface area contributed by atoms with Crippen LogP contribution in [0.25, 0.3) is 0 Å². The Balaban J connectivity index is 2.37. The van der Waals surface area contributed by atoms with Crippen molar-refractivity contribution in [2.75, 3.05) is 5.73 Å². The minimum atomic E-state index is -0.488. The highest BCUT2D eigenvalue weighted by molar-refractivity contribution is 7.99. The van der Waals surface area contributed by atoms with Gasteiger partial charge in [-0.15, -0.1) is 0 Å². The van der Waals surface area contributed by atoms with Gasteiger partial charge < -0.3 is 5.73 Å². The Morgan fingerprint density at radius 3 is 2.76 bits per heavy atom. The van der Waals surface area contributed by atoms with Crippen LogP contribution in [0.1, 0.15) is 0 Å². The molecule has 2 rings (SSSR count). The van der Waals surface area contributed by atoms with Gasteiger partial charge in [-0.25, -0.2) is 9.97 Å². The number of nitro groups is 1. The molecular formula is C10H8N4O2S. The standard InChI is InChI=1S/C10H8N4O2S/c11-8-5-4-7(14(15)16)10(13-8)17-9-3-1-2-6-12-9/h1-6H,(H2,11,13). The normalized spacial score (nSPS) is 10.1. The molecule has 2 heterocycles. The Morgan fingerprint density at radius 1 is 1.29 bits per heavy atom. The number of aromatic nitrogens is 2. The first-order valence-electron chi connectivity index (χ1n) is 4.66. The molecule has 0 saturated carbocycles. The highest BCUT2D eigenvalue weighted by Gasteiger charge is 2.16. The van der Waals surface area contributed by atoms with Gasteiger partial charge in [-0.2, -0.15) is 0 Å².